The molecule has 25 heavy (non-hydrogen) atoms. The maximum atomic E-state index is 12.1. The van der Waals surface area contributed by atoms with Crippen molar-refractivity contribution in [2.45, 2.75) is 26.0 Å². The number of benzene rings is 2. The van der Waals surface area contributed by atoms with E-state index >= 15 is 0 Å². The number of hydrogen-bond donors (Lipinski definition) is 1. The summed E-state index contributed by atoms with van der Waals surface area (Å²) in [4.78, 5) is 12.1. The van der Waals surface area contributed by atoms with Crippen molar-refractivity contribution in [2.24, 2.45) is 0 Å². The summed E-state index contributed by atoms with van der Waals surface area (Å²) in [5.74, 6) is 0.562. The topological polar surface area (TPSA) is 68.0 Å². The van der Waals surface area contributed by atoms with Gasteiger partial charge in [-0.1, -0.05) is 47.2 Å². The van der Waals surface area contributed by atoms with Crippen LogP contribution in [-0.4, -0.2) is 21.9 Å². The predicted molar refractivity (Wildman–Crippen MR) is 99.7 cm³/mol. The Balaban J connectivity index is 1.58. The highest BCUT2D eigenvalue weighted by Crippen LogP contribution is 2.24. The summed E-state index contributed by atoms with van der Waals surface area (Å²) < 4.78 is 5.61. The summed E-state index contributed by atoms with van der Waals surface area (Å²) in [6.45, 7) is 6.02. The van der Waals surface area contributed by atoms with Crippen LogP contribution in [0.4, 0.5) is 5.69 Å². The molecular weight excluding hydrogens is 334 g/mol. The second-order valence-electron chi connectivity index (χ2n) is 5.89. The third-order valence-corrected chi connectivity index (χ3v) is 4.51. The van der Waals surface area contributed by atoms with E-state index < -0.39 is 0 Å². The molecule has 0 radical (unpaired) electrons. The molecule has 0 saturated heterocycles. The second-order valence-corrected chi connectivity index (χ2v) is 6.82. The number of aromatic nitrogens is 2. The SMILES string of the molecule is Cc1ccc(-c2nnc(SCC(=O)Nc3ccc(C)cc3C)o2)cc1. The van der Waals surface area contributed by atoms with Gasteiger partial charge in [0, 0.05) is 11.3 Å². The average Bonchev–Trinajstić information content (AvgIpc) is 3.05. The highest BCUT2D eigenvalue weighted by molar-refractivity contribution is 7.99. The largest absolute Gasteiger partial charge is 0.411 e. The molecule has 3 aromatic rings. The van der Waals surface area contributed by atoms with E-state index in [1.807, 2.05) is 63.2 Å². The van der Waals surface area contributed by atoms with Crippen LogP contribution in [0, 0.1) is 20.8 Å². The Morgan fingerprint density at radius 1 is 1.04 bits per heavy atom. The first-order valence-corrected chi connectivity index (χ1v) is 8.90. The van der Waals surface area contributed by atoms with E-state index in [0.29, 0.717) is 11.1 Å². The Morgan fingerprint density at radius 3 is 2.48 bits per heavy atom. The number of anilines is 1. The number of carbonyl (C=O) groups excluding carboxylic acids is 1. The Morgan fingerprint density at radius 2 is 1.76 bits per heavy atom. The van der Waals surface area contributed by atoms with Crippen LogP contribution in [0.5, 0.6) is 0 Å². The Kier molecular flexibility index (Phi) is 5.19. The first-order valence-electron chi connectivity index (χ1n) is 7.92. The lowest BCUT2D eigenvalue weighted by Gasteiger charge is -2.08. The molecule has 0 saturated carbocycles. The van der Waals surface area contributed by atoms with Gasteiger partial charge >= 0.3 is 0 Å². The zero-order valence-electron chi connectivity index (χ0n) is 14.4. The first kappa shape index (κ1) is 17.2. The standard InChI is InChI=1S/C19H19N3O2S/c1-12-4-7-15(8-5-12)18-21-22-19(24-18)25-11-17(23)20-16-9-6-13(2)10-14(16)3/h4-10H,11H2,1-3H3,(H,20,23). The Labute approximate surface area is 150 Å². The van der Waals surface area contributed by atoms with E-state index in [9.17, 15) is 4.79 Å². The van der Waals surface area contributed by atoms with Crippen molar-refractivity contribution in [1.82, 2.24) is 10.2 Å². The van der Waals surface area contributed by atoms with Crippen molar-refractivity contribution in [1.29, 1.82) is 0 Å². The molecule has 0 unspecified atom stereocenters. The first-order chi connectivity index (χ1) is 12.0. The monoisotopic (exact) mass is 353 g/mol. The van der Waals surface area contributed by atoms with Gasteiger partial charge in [-0.3, -0.25) is 4.79 Å². The van der Waals surface area contributed by atoms with Gasteiger partial charge in [0.2, 0.25) is 11.8 Å². The maximum Gasteiger partial charge on any atom is 0.277 e. The fourth-order valence-corrected chi connectivity index (χ4v) is 2.91. The zero-order chi connectivity index (χ0) is 17.8. The molecule has 0 bridgehead atoms. The third kappa shape index (κ3) is 4.48. The minimum absolute atomic E-state index is 0.105. The van der Waals surface area contributed by atoms with Gasteiger partial charge in [-0.15, -0.1) is 10.2 Å². The molecule has 1 aromatic heterocycles. The van der Waals surface area contributed by atoms with Gasteiger partial charge in [0.25, 0.3) is 5.22 Å². The predicted octanol–water partition coefficient (Wildman–Crippen LogP) is 4.39. The normalized spacial score (nSPS) is 10.7. The van der Waals surface area contributed by atoms with Crippen LogP contribution in [0.25, 0.3) is 11.5 Å². The van der Waals surface area contributed by atoms with Crippen LogP contribution in [0.1, 0.15) is 16.7 Å². The van der Waals surface area contributed by atoms with Gasteiger partial charge < -0.3 is 9.73 Å². The molecule has 1 N–H and O–H groups in total. The molecule has 128 valence electrons. The third-order valence-electron chi connectivity index (χ3n) is 3.69. The molecule has 0 aliphatic carbocycles. The summed E-state index contributed by atoms with van der Waals surface area (Å²) in [5, 5.41) is 11.3. The van der Waals surface area contributed by atoms with E-state index in [2.05, 4.69) is 15.5 Å². The number of thioether (sulfide) groups is 1. The molecule has 0 atom stereocenters. The van der Waals surface area contributed by atoms with Gasteiger partial charge in [0.15, 0.2) is 0 Å². The van der Waals surface area contributed by atoms with E-state index in [1.54, 1.807) is 0 Å². The molecule has 0 aliphatic rings. The van der Waals surface area contributed by atoms with Crippen LogP contribution >= 0.6 is 11.8 Å². The highest BCUT2D eigenvalue weighted by atomic mass is 32.2. The summed E-state index contributed by atoms with van der Waals surface area (Å²) in [6, 6.07) is 13.8. The number of nitrogens with one attached hydrogen (secondary N) is 1. The molecule has 0 spiro atoms. The Bertz CT molecular complexity index is 888. The van der Waals surface area contributed by atoms with E-state index in [0.717, 1.165) is 16.8 Å². The van der Waals surface area contributed by atoms with Crippen LogP contribution in [0.3, 0.4) is 0 Å². The number of amides is 1. The van der Waals surface area contributed by atoms with Crippen LogP contribution in [-0.2, 0) is 4.79 Å². The molecule has 1 amide bonds. The smallest absolute Gasteiger partial charge is 0.277 e. The van der Waals surface area contributed by atoms with Crippen molar-refractivity contribution in [2.75, 3.05) is 11.1 Å². The number of aryl methyl sites for hydroxylation is 3. The molecule has 0 aliphatic heterocycles. The summed E-state index contributed by atoms with van der Waals surface area (Å²) in [7, 11) is 0. The van der Waals surface area contributed by atoms with Crippen molar-refractivity contribution < 1.29 is 9.21 Å². The minimum atomic E-state index is -0.105. The molecule has 3 rings (SSSR count). The fraction of sp³-hybridized carbons (Fsp3) is 0.211. The number of hydrogen-bond acceptors (Lipinski definition) is 5. The maximum absolute atomic E-state index is 12.1. The van der Waals surface area contributed by atoms with Crippen molar-refractivity contribution >= 4 is 23.4 Å². The molecule has 2 aromatic carbocycles. The summed E-state index contributed by atoms with van der Waals surface area (Å²) in [6.07, 6.45) is 0. The zero-order valence-corrected chi connectivity index (χ0v) is 15.2. The van der Waals surface area contributed by atoms with Gasteiger partial charge in [0.05, 0.1) is 5.75 Å². The number of rotatable bonds is 5. The van der Waals surface area contributed by atoms with Crippen molar-refractivity contribution in [3.05, 3.63) is 59.2 Å². The fourth-order valence-electron chi connectivity index (χ4n) is 2.35. The summed E-state index contributed by atoms with van der Waals surface area (Å²) >= 11 is 1.22. The van der Waals surface area contributed by atoms with Gasteiger partial charge in [-0.05, 0) is 44.5 Å². The van der Waals surface area contributed by atoms with E-state index in [4.69, 9.17) is 4.42 Å². The van der Waals surface area contributed by atoms with Crippen LogP contribution in [0.15, 0.2) is 52.1 Å². The Hall–Kier alpha value is -2.60. The lowest BCUT2D eigenvalue weighted by molar-refractivity contribution is -0.113. The van der Waals surface area contributed by atoms with Gasteiger partial charge in [-0.25, -0.2) is 0 Å². The van der Waals surface area contributed by atoms with Crippen molar-refractivity contribution in [3.8, 4) is 11.5 Å². The van der Waals surface area contributed by atoms with E-state index in [-0.39, 0.29) is 11.7 Å². The molecular formula is C19H19N3O2S. The van der Waals surface area contributed by atoms with Crippen LogP contribution < -0.4 is 5.32 Å². The molecule has 5 nitrogen and oxygen atoms in total. The second kappa shape index (κ2) is 7.53. The van der Waals surface area contributed by atoms with Crippen molar-refractivity contribution in [3.63, 3.8) is 0 Å². The molecule has 1 heterocycles. The number of carbonyl (C=O) groups is 1. The highest BCUT2D eigenvalue weighted by Gasteiger charge is 2.12. The van der Waals surface area contributed by atoms with Crippen LogP contribution in [0.2, 0.25) is 0 Å². The molecule has 0 fully saturated rings. The minimum Gasteiger partial charge on any atom is -0.411 e. The number of nitrogens with zero attached hydrogens (tertiary/aromatic N) is 2. The molecule has 6 heteroatoms. The lowest BCUT2D eigenvalue weighted by atomic mass is 10.1. The van der Waals surface area contributed by atoms with E-state index in [1.165, 1.54) is 22.9 Å². The van der Waals surface area contributed by atoms with Gasteiger partial charge in [-0.2, -0.15) is 0 Å². The van der Waals surface area contributed by atoms with Gasteiger partial charge in [0.1, 0.15) is 0 Å². The average molecular weight is 353 g/mol. The summed E-state index contributed by atoms with van der Waals surface area (Å²) in [5.41, 5.74) is 5.06. The quantitative estimate of drug-likeness (QED) is 0.689. The lowest BCUT2D eigenvalue weighted by Crippen LogP contribution is -2.14.